The molecule has 0 atom stereocenters. The number of aliphatic imine (C=N–C) groups is 1. The standard InChI is InChI=1S/C14H13FN2O3/c1-8-7-12(18)17(20)14(19)13(8)9(2)16-11-6-4-3-5-10(11)15/h3-7,19-20H,1-2H3. The molecule has 0 amide bonds. The molecule has 0 saturated heterocycles. The molecule has 2 rings (SSSR count). The summed E-state index contributed by atoms with van der Waals surface area (Å²) in [6, 6.07) is 7.09. The van der Waals surface area contributed by atoms with Gasteiger partial charge in [-0.2, -0.15) is 0 Å². The summed E-state index contributed by atoms with van der Waals surface area (Å²) in [5, 5.41) is 19.2. The molecule has 2 aromatic rings. The van der Waals surface area contributed by atoms with Gasteiger partial charge < -0.3 is 10.3 Å². The summed E-state index contributed by atoms with van der Waals surface area (Å²) in [4.78, 5) is 15.4. The molecule has 0 fully saturated rings. The smallest absolute Gasteiger partial charge is 0.286 e. The van der Waals surface area contributed by atoms with E-state index in [-0.39, 0.29) is 21.7 Å². The molecule has 0 unspecified atom stereocenters. The van der Waals surface area contributed by atoms with Gasteiger partial charge in [0.15, 0.2) is 0 Å². The van der Waals surface area contributed by atoms with Crippen molar-refractivity contribution >= 4 is 11.4 Å². The number of aromatic hydroxyl groups is 1. The molecular formula is C14H13FN2O3. The van der Waals surface area contributed by atoms with Gasteiger partial charge >= 0.3 is 0 Å². The zero-order chi connectivity index (χ0) is 14.9. The van der Waals surface area contributed by atoms with Crippen LogP contribution in [-0.4, -0.2) is 20.8 Å². The molecule has 6 heteroatoms. The van der Waals surface area contributed by atoms with Crippen LogP contribution in [0.15, 0.2) is 40.1 Å². The lowest BCUT2D eigenvalue weighted by Gasteiger charge is -2.10. The highest BCUT2D eigenvalue weighted by molar-refractivity contribution is 6.03. The average molecular weight is 276 g/mol. The summed E-state index contributed by atoms with van der Waals surface area (Å²) in [7, 11) is 0. The lowest BCUT2D eigenvalue weighted by molar-refractivity contribution is 0.143. The maximum absolute atomic E-state index is 13.5. The van der Waals surface area contributed by atoms with Crippen molar-refractivity contribution in [2.45, 2.75) is 13.8 Å². The maximum Gasteiger partial charge on any atom is 0.286 e. The Balaban J connectivity index is 2.60. The van der Waals surface area contributed by atoms with Gasteiger partial charge in [0.05, 0.1) is 17.0 Å². The summed E-state index contributed by atoms with van der Waals surface area (Å²) >= 11 is 0. The van der Waals surface area contributed by atoms with Crippen molar-refractivity contribution in [1.82, 2.24) is 4.73 Å². The molecule has 0 aliphatic heterocycles. The number of rotatable bonds is 2. The summed E-state index contributed by atoms with van der Waals surface area (Å²) in [6.07, 6.45) is 0. The van der Waals surface area contributed by atoms with Crippen LogP contribution in [0.25, 0.3) is 0 Å². The average Bonchev–Trinajstić information content (AvgIpc) is 2.39. The van der Waals surface area contributed by atoms with E-state index in [1.54, 1.807) is 26.0 Å². The third-order valence-electron chi connectivity index (χ3n) is 2.87. The van der Waals surface area contributed by atoms with E-state index in [0.29, 0.717) is 5.56 Å². The summed E-state index contributed by atoms with van der Waals surface area (Å²) in [5.74, 6) is -1.12. The number of nitrogens with zero attached hydrogens (tertiary/aromatic N) is 2. The number of aryl methyl sites for hydroxylation is 1. The first-order valence-electron chi connectivity index (χ1n) is 5.87. The molecule has 0 spiro atoms. The van der Waals surface area contributed by atoms with Gasteiger partial charge in [0, 0.05) is 6.07 Å². The fraction of sp³-hybridized carbons (Fsp3) is 0.143. The van der Waals surface area contributed by atoms with Crippen LogP contribution in [0.1, 0.15) is 18.1 Å². The minimum Gasteiger partial charge on any atom is -0.492 e. The highest BCUT2D eigenvalue weighted by atomic mass is 19.1. The molecule has 2 N–H and O–H groups in total. The molecular weight excluding hydrogens is 263 g/mol. The minimum absolute atomic E-state index is 0.111. The molecule has 0 saturated carbocycles. The number of benzene rings is 1. The molecule has 0 aliphatic rings. The third-order valence-corrected chi connectivity index (χ3v) is 2.87. The molecule has 5 nitrogen and oxygen atoms in total. The normalized spacial score (nSPS) is 11.7. The molecule has 1 aromatic heterocycles. The van der Waals surface area contributed by atoms with Crippen molar-refractivity contribution in [2.24, 2.45) is 4.99 Å². The van der Waals surface area contributed by atoms with Gasteiger partial charge in [-0.1, -0.05) is 12.1 Å². The summed E-state index contributed by atoms with van der Waals surface area (Å²) in [5.41, 5.74) is 0.278. The predicted octanol–water partition coefficient (Wildman–Crippen LogP) is 2.38. The molecule has 0 bridgehead atoms. The second kappa shape index (κ2) is 5.16. The molecule has 0 aliphatic carbocycles. The van der Waals surface area contributed by atoms with Crippen molar-refractivity contribution in [3.05, 3.63) is 57.6 Å². The Bertz CT molecular complexity index is 751. The van der Waals surface area contributed by atoms with Gasteiger partial charge in [-0.3, -0.25) is 4.79 Å². The number of para-hydroxylation sites is 1. The Kier molecular flexibility index (Phi) is 3.56. The zero-order valence-corrected chi connectivity index (χ0v) is 11.0. The van der Waals surface area contributed by atoms with Crippen molar-refractivity contribution in [3.63, 3.8) is 0 Å². The number of hydrogen-bond donors (Lipinski definition) is 2. The van der Waals surface area contributed by atoms with Crippen molar-refractivity contribution < 1.29 is 14.7 Å². The van der Waals surface area contributed by atoms with Gasteiger partial charge in [0.25, 0.3) is 5.56 Å². The Morgan fingerprint density at radius 2 is 2.00 bits per heavy atom. The van der Waals surface area contributed by atoms with E-state index < -0.39 is 17.3 Å². The van der Waals surface area contributed by atoms with Gasteiger partial charge in [-0.05, 0) is 31.5 Å². The van der Waals surface area contributed by atoms with Crippen molar-refractivity contribution in [3.8, 4) is 5.88 Å². The maximum atomic E-state index is 13.5. The fourth-order valence-electron chi connectivity index (χ4n) is 1.93. The number of aromatic nitrogens is 1. The van der Waals surface area contributed by atoms with E-state index in [0.717, 1.165) is 6.07 Å². The Morgan fingerprint density at radius 1 is 1.35 bits per heavy atom. The second-order valence-corrected chi connectivity index (χ2v) is 4.32. The monoisotopic (exact) mass is 276 g/mol. The number of pyridine rings is 1. The number of halogens is 1. The minimum atomic E-state index is -0.748. The highest BCUT2D eigenvalue weighted by Gasteiger charge is 2.15. The van der Waals surface area contributed by atoms with Crippen molar-refractivity contribution in [2.75, 3.05) is 0 Å². The topological polar surface area (TPSA) is 74.8 Å². The van der Waals surface area contributed by atoms with E-state index in [4.69, 9.17) is 0 Å². The van der Waals surface area contributed by atoms with Gasteiger partial charge in [0.2, 0.25) is 5.88 Å². The molecule has 1 heterocycles. The third kappa shape index (κ3) is 2.40. The first-order chi connectivity index (χ1) is 9.41. The van der Waals surface area contributed by atoms with Crippen LogP contribution in [0.4, 0.5) is 10.1 Å². The highest BCUT2D eigenvalue weighted by Crippen LogP contribution is 2.23. The largest absolute Gasteiger partial charge is 0.492 e. The Hall–Kier alpha value is -2.63. The van der Waals surface area contributed by atoms with E-state index in [1.807, 2.05) is 0 Å². The SMILES string of the molecule is CC(=Nc1ccccc1F)c1c(C)cc(=O)n(O)c1O. The predicted molar refractivity (Wildman–Crippen MR) is 72.6 cm³/mol. The first-order valence-corrected chi connectivity index (χ1v) is 5.87. The van der Waals surface area contributed by atoms with E-state index in [1.165, 1.54) is 12.1 Å². The van der Waals surface area contributed by atoms with Gasteiger partial charge in [-0.25, -0.2) is 9.38 Å². The Morgan fingerprint density at radius 3 is 2.65 bits per heavy atom. The van der Waals surface area contributed by atoms with Crippen LogP contribution < -0.4 is 5.56 Å². The Labute approximate surface area is 114 Å². The van der Waals surface area contributed by atoms with Crippen LogP contribution in [0.2, 0.25) is 0 Å². The quantitative estimate of drug-likeness (QED) is 0.653. The van der Waals surface area contributed by atoms with Crippen LogP contribution in [0, 0.1) is 12.7 Å². The summed E-state index contributed by atoms with van der Waals surface area (Å²) < 4.78 is 13.7. The van der Waals surface area contributed by atoms with Crippen LogP contribution >= 0.6 is 0 Å². The zero-order valence-electron chi connectivity index (χ0n) is 11.0. The summed E-state index contributed by atoms with van der Waals surface area (Å²) in [6.45, 7) is 3.15. The van der Waals surface area contributed by atoms with Crippen molar-refractivity contribution in [1.29, 1.82) is 0 Å². The van der Waals surface area contributed by atoms with Crippen LogP contribution in [0.5, 0.6) is 5.88 Å². The van der Waals surface area contributed by atoms with E-state index >= 15 is 0 Å². The van der Waals surface area contributed by atoms with Crippen LogP contribution in [0.3, 0.4) is 0 Å². The lowest BCUT2D eigenvalue weighted by Crippen LogP contribution is -2.20. The van der Waals surface area contributed by atoms with Crippen LogP contribution in [-0.2, 0) is 0 Å². The molecule has 1 aromatic carbocycles. The van der Waals surface area contributed by atoms with Gasteiger partial charge in [0.1, 0.15) is 5.82 Å². The van der Waals surface area contributed by atoms with E-state index in [9.17, 15) is 19.5 Å². The molecule has 0 radical (unpaired) electrons. The number of hydrogen-bond acceptors (Lipinski definition) is 4. The fourth-order valence-corrected chi connectivity index (χ4v) is 1.93. The van der Waals surface area contributed by atoms with E-state index in [2.05, 4.69) is 4.99 Å². The lowest BCUT2D eigenvalue weighted by atomic mass is 10.1. The van der Waals surface area contributed by atoms with Gasteiger partial charge in [-0.15, -0.1) is 4.73 Å². The molecule has 20 heavy (non-hydrogen) atoms. The second-order valence-electron chi connectivity index (χ2n) is 4.32. The first kappa shape index (κ1) is 13.8. The molecule has 104 valence electrons.